The Morgan fingerprint density at radius 2 is 1.93 bits per heavy atom. The van der Waals surface area contributed by atoms with E-state index in [9.17, 15) is 0 Å². The van der Waals surface area contributed by atoms with Crippen molar-refractivity contribution in [3.63, 3.8) is 0 Å². The van der Waals surface area contributed by atoms with E-state index in [0.717, 1.165) is 12.1 Å². The SMILES string of the molecule is CC.CCc1ccc(-c2ccccn2)s1. The van der Waals surface area contributed by atoms with Crippen molar-refractivity contribution in [2.75, 3.05) is 0 Å². The molecule has 0 N–H and O–H groups in total. The summed E-state index contributed by atoms with van der Waals surface area (Å²) in [6.07, 6.45) is 2.94. The largest absolute Gasteiger partial charge is 0.255 e. The summed E-state index contributed by atoms with van der Waals surface area (Å²) in [6.45, 7) is 6.17. The topological polar surface area (TPSA) is 12.9 Å². The molecule has 2 aromatic heterocycles. The van der Waals surface area contributed by atoms with Crippen molar-refractivity contribution < 1.29 is 0 Å². The molecule has 0 spiro atoms. The molecule has 0 unspecified atom stereocenters. The van der Waals surface area contributed by atoms with Gasteiger partial charge in [-0.25, -0.2) is 0 Å². The molecule has 0 radical (unpaired) electrons. The molecule has 1 nitrogen and oxygen atoms in total. The summed E-state index contributed by atoms with van der Waals surface area (Å²) >= 11 is 1.82. The standard InChI is InChI=1S/C11H11NS.C2H6/c1-2-9-6-7-11(13-9)10-5-3-4-8-12-10;1-2/h3-8H,2H2,1H3;1-2H3. The van der Waals surface area contributed by atoms with Gasteiger partial charge in [-0.1, -0.05) is 26.8 Å². The van der Waals surface area contributed by atoms with Gasteiger partial charge in [0.25, 0.3) is 0 Å². The summed E-state index contributed by atoms with van der Waals surface area (Å²) in [4.78, 5) is 6.99. The highest BCUT2D eigenvalue weighted by atomic mass is 32.1. The number of nitrogens with zero attached hydrogens (tertiary/aromatic N) is 1. The minimum Gasteiger partial charge on any atom is -0.255 e. The first kappa shape index (κ1) is 11.9. The van der Waals surface area contributed by atoms with Gasteiger partial charge in [-0.2, -0.15) is 0 Å². The van der Waals surface area contributed by atoms with Gasteiger partial charge in [0.05, 0.1) is 10.6 Å². The van der Waals surface area contributed by atoms with Crippen LogP contribution in [0.4, 0.5) is 0 Å². The van der Waals surface area contributed by atoms with Crippen LogP contribution in [-0.2, 0) is 6.42 Å². The average molecular weight is 219 g/mol. The van der Waals surface area contributed by atoms with Gasteiger partial charge in [-0.3, -0.25) is 4.98 Å². The fourth-order valence-corrected chi connectivity index (χ4v) is 2.14. The average Bonchev–Trinajstić information content (AvgIpc) is 2.81. The predicted molar refractivity (Wildman–Crippen MR) is 68.3 cm³/mol. The van der Waals surface area contributed by atoms with Gasteiger partial charge in [0.1, 0.15) is 0 Å². The number of aryl methyl sites for hydroxylation is 1. The van der Waals surface area contributed by atoms with E-state index >= 15 is 0 Å². The van der Waals surface area contributed by atoms with Crippen LogP contribution in [0.3, 0.4) is 0 Å². The van der Waals surface area contributed by atoms with Gasteiger partial charge in [-0.05, 0) is 30.7 Å². The first-order valence-corrected chi connectivity index (χ1v) is 6.22. The fourth-order valence-electron chi connectivity index (χ4n) is 1.21. The van der Waals surface area contributed by atoms with E-state index in [1.807, 2.05) is 49.6 Å². The minimum atomic E-state index is 1.08. The Morgan fingerprint density at radius 1 is 1.13 bits per heavy atom. The molecule has 0 atom stereocenters. The molecule has 2 aromatic rings. The zero-order chi connectivity index (χ0) is 11.1. The molecule has 0 bridgehead atoms. The number of aromatic nitrogens is 1. The van der Waals surface area contributed by atoms with Crippen LogP contribution in [0.15, 0.2) is 36.5 Å². The Bertz CT molecular complexity index is 378. The molecule has 0 fully saturated rings. The Balaban J connectivity index is 0.000000531. The van der Waals surface area contributed by atoms with Crippen LogP contribution in [0.5, 0.6) is 0 Å². The van der Waals surface area contributed by atoms with Crippen LogP contribution in [0.1, 0.15) is 25.6 Å². The summed E-state index contributed by atoms with van der Waals surface area (Å²) in [5.74, 6) is 0. The molecule has 0 amide bonds. The molecule has 15 heavy (non-hydrogen) atoms. The summed E-state index contributed by atoms with van der Waals surface area (Å²) < 4.78 is 0. The van der Waals surface area contributed by atoms with Crippen molar-refractivity contribution >= 4 is 11.3 Å². The van der Waals surface area contributed by atoms with Crippen LogP contribution in [-0.4, -0.2) is 4.98 Å². The number of hydrogen-bond donors (Lipinski definition) is 0. The van der Waals surface area contributed by atoms with Crippen LogP contribution in [0.25, 0.3) is 10.6 Å². The molecule has 0 aliphatic rings. The summed E-state index contributed by atoms with van der Waals surface area (Å²) in [5, 5.41) is 0. The van der Waals surface area contributed by atoms with Gasteiger partial charge in [-0.15, -0.1) is 11.3 Å². The van der Waals surface area contributed by atoms with E-state index in [0.29, 0.717) is 0 Å². The van der Waals surface area contributed by atoms with Crippen LogP contribution in [0, 0.1) is 0 Å². The summed E-state index contributed by atoms with van der Waals surface area (Å²) in [7, 11) is 0. The highest BCUT2D eigenvalue weighted by Crippen LogP contribution is 2.26. The zero-order valence-electron chi connectivity index (χ0n) is 9.53. The maximum atomic E-state index is 4.31. The van der Waals surface area contributed by atoms with Crippen molar-refractivity contribution in [1.29, 1.82) is 0 Å². The van der Waals surface area contributed by atoms with E-state index in [1.165, 1.54) is 9.75 Å². The lowest BCUT2D eigenvalue weighted by Gasteiger charge is -1.93. The number of pyridine rings is 1. The lowest BCUT2D eigenvalue weighted by molar-refractivity contribution is 1.19. The van der Waals surface area contributed by atoms with E-state index in [-0.39, 0.29) is 0 Å². The highest BCUT2D eigenvalue weighted by Gasteiger charge is 2.01. The fraction of sp³-hybridized carbons (Fsp3) is 0.308. The molecule has 2 heterocycles. The third-order valence-corrected chi connectivity index (χ3v) is 3.18. The second-order valence-electron chi connectivity index (χ2n) is 2.83. The number of rotatable bonds is 2. The molecule has 2 rings (SSSR count). The van der Waals surface area contributed by atoms with Gasteiger partial charge in [0.2, 0.25) is 0 Å². The number of hydrogen-bond acceptors (Lipinski definition) is 2. The quantitative estimate of drug-likeness (QED) is 0.729. The van der Waals surface area contributed by atoms with Crippen molar-refractivity contribution in [2.45, 2.75) is 27.2 Å². The molecule has 2 heteroatoms. The summed E-state index contributed by atoms with van der Waals surface area (Å²) in [6, 6.07) is 10.3. The predicted octanol–water partition coefficient (Wildman–Crippen LogP) is 4.40. The molecule has 80 valence electrons. The van der Waals surface area contributed by atoms with Crippen molar-refractivity contribution in [3.8, 4) is 10.6 Å². The lowest BCUT2D eigenvalue weighted by Crippen LogP contribution is -1.75. The lowest BCUT2D eigenvalue weighted by atomic mass is 10.3. The van der Waals surface area contributed by atoms with E-state index < -0.39 is 0 Å². The third kappa shape index (κ3) is 3.17. The van der Waals surface area contributed by atoms with E-state index in [2.05, 4.69) is 24.0 Å². The van der Waals surface area contributed by atoms with Crippen LogP contribution >= 0.6 is 11.3 Å². The number of thiophene rings is 1. The van der Waals surface area contributed by atoms with Gasteiger partial charge >= 0.3 is 0 Å². The van der Waals surface area contributed by atoms with Crippen molar-refractivity contribution in [3.05, 3.63) is 41.4 Å². The van der Waals surface area contributed by atoms with E-state index in [4.69, 9.17) is 0 Å². The monoisotopic (exact) mass is 219 g/mol. The molecule has 0 aromatic carbocycles. The van der Waals surface area contributed by atoms with Gasteiger partial charge in [0.15, 0.2) is 0 Å². The highest BCUT2D eigenvalue weighted by molar-refractivity contribution is 7.15. The Labute approximate surface area is 95.8 Å². The molecule has 0 saturated heterocycles. The second kappa shape index (κ2) is 6.36. The first-order valence-electron chi connectivity index (χ1n) is 5.40. The normalized spacial score (nSPS) is 9.27. The smallest absolute Gasteiger partial charge is 0.0801 e. The molecule has 0 aliphatic carbocycles. The zero-order valence-corrected chi connectivity index (χ0v) is 10.3. The Morgan fingerprint density at radius 3 is 2.47 bits per heavy atom. The maximum Gasteiger partial charge on any atom is 0.0801 e. The maximum absolute atomic E-state index is 4.31. The Kier molecular flexibility index (Phi) is 5.05. The molecular formula is C13H17NS. The first-order chi connectivity index (χ1) is 7.40. The van der Waals surface area contributed by atoms with E-state index in [1.54, 1.807) is 0 Å². The minimum absolute atomic E-state index is 1.08. The van der Waals surface area contributed by atoms with Crippen molar-refractivity contribution in [1.82, 2.24) is 4.98 Å². The second-order valence-corrected chi connectivity index (χ2v) is 4.00. The molecule has 0 saturated carbocycles. The molecular weight excluding hydrogens is 202 g/mol. The van der Waals surface area contributed by atoms with Crippen molar-refractivity contribution in [2.24, 2.45) is 0 Å². The summed E-state index contributed by atoms with van der Waals surface area (Å²) in [5.41, 5.74) is 1.08. The third-order valence-electron chi connectivity index (χ3n) is 1.93. The van der Waals surface area contributed by atoms with Gasteiger partial charge < -0.3 is 0 Å². The van der Waals surface area contributed by atoms with Gasteiger partial charge in [0, 0.05) is 11.1 Å². The van der Waals surface area contributed by atoms with Crippen LogP contribution < -0.4 is 0 Å². The van der Waals surface area contributed by atoms with Crippen LogP contribution in [0.2, 0.25) is 0 Å². The Hall–Kier alpha value is -1.15. The molecule has 0 aliphatic heterocycles.